The van der Waals surface area contributed by atoms with Gasteiger partial charge in [-0.05, 0) is 62.6 Å². The molecule has 0 saturated heterocycles. The van der Waals surface area contributed by atoms with Crippen LogP contribution in [0.15, 0.2) is 42.6 Å². The fourth-order valence-corrected chi connectivity index (χ4v) is 4.19. The summed E-state index contributed by atoms with van der Waals surface area (Å²) in [6.45, 7) is 10.9. The number of esters is 1. The second-order valence-corrected chi connectivity index (χ2v) is 7.34. The fourth-order valence-electron chi connectivity index (χ4n) is 4.19. The standard InChI is InChI=1S/C25H30N2O4/c1-7-9-18(26)12-15(3)22-16(4)27-11-10-17-13-20(29-5)21(30-6)14-19(17)24(27)23(22)25(28)31-8-2/h7,9,12-14H,3,8,10-11,26H2,1-2,4-6H3/b9-7-,18-12+. The average Bonchev–Trinajstić information content (AvgIpc) is 3.05. The van der Waals surface area contributed by atoms with Crippen molar-refractivity contribution in [3.8, 4) is 22.8 Å². The molecule has 0 spiro atoms. The van der Waals surface area contributed by atoms with Crippen molar-refractivity contribution in [1.82, 2.24) is 4.57 Å². The Labute approximate surface area is 183 Å². The molecular formula is C25H30N2O4. The SMILES string of the molecule is C=C(/C=C(N)\C=C/C)c1c(C(=O)OCC)c2n(c1C)CCc1cc(OC)c(OC)cc1-2. The van der Waals surface area contributed by atoms with Gasteiger partial charge in [0.25, 0.3) is 0 Å². The zero-order valence-corrected chi connectivity index (χ0v) is 18.9. The Kier molecular flexibility index (Phi) is 6.59. The lowest BCUT2D eigenvalue weighted by atomic mass is 9.93. The fraction of sp³-hybridized carbons (Fsp3) is 0.320. The topological polar surface area (TPSA) is 75.7 Å². The maximum atomic E-state index is 13.2. The third-order valence-corrected chi connectivity index (χ3v) is 5.49. The van der Waals surface area contributed by atoms with E-state index < -0.39 is 0 Å². The van der Waals surface area contributed by atoms with E-state index in [1.54, 1.807) is 33.3 Å². The maximum Gasteiger partial charge on any atom is 0.340 e. The number of ether oxygens (including phenoxy) is 3. The largest absolute Gasteiger partial charge is 0.493 e. The molecule has 1 aliphatic rings. The van der Waals surface area contributed by atoms with Crippen LogP contribution in [0.4, 0.5) is 0 Å². The number of methoxy groups -OCH3 is 2. The van der Waals surface area contributed by atoms with Gasteiger partial charge >= 0.3 is 5.97 Å². The molecule has 0 bridgehead atoms. The molecule has 0 amide bonds. The number of allylic oxidation sites excluding steroid dienone is 4. The van der Waals surface area contributed by atoms with Crippen LogP contribution < -0.4 is 15.2 Å². The van der Waals surface area contributed by atoms with Gasteiger partial charge in [0.1, 0.15) is 0 Å². The zero-order valence-electron chi connectivity index (χ0n) is 18.9. The van der Waals surface area contributed by atoms with Crippen molar-refractivity contribution < 1.29 is 19.0 Å². The highest BCUT2D eigenvalue weighted by molar-refractivity contribution is 6.04. The number of rotatable bonds is 7. The number of fused-ring (bicyclic) bond motifs is 3. The van der Waals surface area contributed by atoms with Gasteiger partial charge < -0.3 is 24.5 Å². The second kappa shape index (κ2) is 9.16. The molecule has 1 aliphatic heterocycles. The van der Waals surface area contributed by atoms with Gasteiger partial charge in [-0.3, -0.25) is 0 Å². The van der Waals surface area contributed by atoms with E-state index in [1.807, 2.05) is 32.1 Å². The number of nitrogens with zero attached hydrogens (tertiary/aromatic N) is 1. The summed E-state index contributed by atoms with van der Waals surface area (Å²) in [5.74, 6) is 0.902. The molecule has 0 atom stereocenters. The molecule has 2 N–H and O–H groups in total. The van der Waals surface area contributed by atoms with Gasteiger partial charge in [-0.15, -0.1) is 0 Å². The normalized spacial score (nSPS) is 13.0. The second-order valence-electron chi connectivity index (χ2n) is 7.34. The van der Waals surface area contributed by atoms with Gasteiger partial charge in [-0.1, -0.05) is 12.7 Å². The van der Waals surface area contributed by atoms with E-state index in [4.69, 9.17) is 19.9 Å². The van der Waals surface area contributed by atoms with Crippen molar-refractivity contribution in [2.24, 2.45) is 5.73 Å². The summed E-state index contributed by atoms with van der Waals surface area (Å²) in [5, 5.41) is 0. The minimum absolute atomic E-state index is 0.282. The van der Waals surface area contributed by atoms with Crippen LogP contribution >= 0.6 is 0 Å². The summed E-state index contributed by atoms with van der Waals surface area (Å²) >= 11 is 0. The highest BCUT2D eigenvalue weighted by Crippen LogP contribution is 2.44. The number of aromatic nitrogens is 1. The summed E-state index contributed by atoms with van der Waals surface area (Å²) < 4.78 is 18.6. The molecule has 6 nitrogen and oxygen atoms in total. The molecule has 3 rings (SSSR count). The third kappa shape index (κ3) is 3.98. The summed E-state index contributed by atoms with van der Waals surface area (Å²) in [4.78, 5) is 13.2. The van der Waals surface area contributed by atoms with Crippen molar-refractivity contribution in [3.63, 3.8) is 0 Å². The van der Waals surface area contributed by atoms with Gasteiger partial charge in [0.2, 0.25) is 0 Å². The minimum atomic E-state index is -0.379. The molecule has 0 fully saturated rings. The lowest BCUT2D eigenvalue weighted by Gasteiger charge is -2.23. The van der Waals surface area contributed by atoms with Crippen LogP contribution in [0.3, 0.4) is 0 Å². The maximum absolute atomic E-state index is 13.2. The number of carbonyl (C=O) groups excluding carboxylic acids is 1. The Morgan fingerprint density at radius 2 is 1.90 bits per heavy atom. The van der Waals surface area contributed by atoms with E-state index in [1.165, 1.54) is 0 Å². The van der Waals surface area contributed by atoms with Crippen LogP contribution in [0.25, 0.3) is 16.8 Å². The molecule has 6 heteroatoms. The third-order valence-electron chi connectivity index (χ3n) is 5.49. The van der Waals surface area contributed by atoms with Crippen LogP contribution in [0.1, 0.15) is 41.0 Å². The molecule has 31 heavy (non-hydrogen) atoms. The van der Waals surface area contributed by atoms with Gasteiger partial charge in [0.05, 0.1) is 32.1 Å². The van der Waals surface area contributed by atoms with Crippen LogP contribution in [0.2, 0.25) is 0 Å². The Bertz CT molecular complexity index is 1090. The summed E-state index contributed by atoms with van der Waals surface area (Å²) in [7, 11) is 3.22. The highest BCUT2D eigenvalue weighted by Gasteiger charge is 2.32. The van der Waals surface area contributed by atoms with Crippen molar-refractivity contribution in [2.75, 3.05) is 20.8 Å². The van der Waals surface area contributed by atoms with E-state index in [2.05, 4.69) is 11.1 Å². The predicted octanol–water partition coefficient (Wildman–Crippen LogP) is 4.65. The van der Waals surface area contributed by atoms with Gasteiger partial charge in [0, 0.05) is 29.1 Å². The first-order valence-electron chi connectivity index (χ1n) is 10.3. The smallest absolute Gasteiger partial charge is 0.340 e. The quantitative estimate of drug-likeness (QED) is 0.519. The van der Waals surface area contributed by atoms with E-state index >= 15 is 0 Å². The Morgan fingerprint density at radius 3 is 2.52 bits per heavy atom. The van der Waals surface area contributed by atoms with Crippen molar-refractivity contribution in [3.05, 3.63) is 65.0 Å². The number of aryl methyl sites for hydroxylation is 1. The first kappa shape index (κ1) is 22.3. The monoisotopic (exact) mass is 422 g/mol. The Hall–Kier alpha value is -3.41. The van der Waals surface area contributed by atoms with E-state index in [-0.39, 0.29) is 12.6 Å². The zero-order chi connectivity index (χ0) is 22.7. The first-order valence-corrected chi connectivity index (χ1v) is 10.3. The lowest BCUT2D eigenvalue weighted by molar-refractivity contribution is 0.0527. The molecule has 1 aromatic carbocycles. The van der Waals surface area contributed by atoms with Gasteiger partial charge in [-0.25, -0.2) is 4.79 Å². The molecule has 0 saturated carbocycles. The molecule has 0 radical (unpaired) electrons. The van der Waals surface area contributed by atoms with E-state index in [9.17, 15) is 4.79 Å². The first-order chi connectivity index (χ1) is 14.9. The molecule has 1 aromatic heterocycles. The molecule has 2 heterocycles. The van der Waals surface area contributed by atoms with Crippen molar-refractivity contribution in [2.45, 2.75) is 33.7 Å². The van der Waals surface area contributed by atoms with Gasteiger partial charge in [0.15, 0.2) is 11.5 Å². The van der Waals surface area contributed by atoms with E-state index in [0.717, 1.165) is 41.0 Å². The van der Waals surface area contributed by atoms with Crippen LogP contribution in [0, 0.1) is 6.92 Å². The minimum Gasteiger partial charge on any atom is -0.493 e. The summed E-state index contributed by atoms with van der Waals surface area (Å²) in [5.41, 5.74) is 12.4. The summed E-state index contributed by atoms with van der Waals surface area (Å²) in [6, 6.07) is 3.91. The van der Waals surface area contributed by atoms with Crippen LogP contribution in [-0.2, 0) is 17.7 Å². The summed E-state index contributed by atoms with van der Waals surface area (Å²) in [6.07, 6.45) is 6.25. The predicted molar refractivity (Wildman–Crippen MR) is 123 cm³/mol. The number of carbonyl (C=O) groups is 1. The van der Waals surface area contributed by atoms with E-state index in [0.29, 0.717) is 28.3 Å². The molecule has 0 unspecified atom stereocenters. The number of hydrogen-bond donors (Lipinski definition) is 1. The average molecular weight is 423 g/mol. The van der Waals surface area contributed by atoms with Gasteiger partial charge in [-0.2, -0.15) is 0 Å². The molecule has 164 valence electrons. The number of nitrogens with two attached hydrogens (primary N) is 1. The van der Waals surface area contributed by atoms with Crippen LogP contribution in [0.5, 0.6) is 11.5 Å². The highest BCUT2D eigenvalue weighted by atomic mass is 16.5. The van der Waals surface area contributed by atoms with Crippen LogP contribution in [-0.4, -0.2) is 31.4 Å². The number of hydrogen-bond acceptors (Lipinski definition) is 5. The lowest BCUT2D eigenvalue weighted by Crippen LogP contribution is -2.15. The Balaban J connectivity index is 2.31. The number of benzene rings is 1. The van der Waals surface area contributed by atoms with Crippen molar-refractivity contribution >= 4 is 11.5 Å². The molecule has 0 aliphatic carbocycles. The Morgan fingerprint density at radius 1 is 1.23 bits per heavy atom. The van der Waals surface area contributed by atoms with Crippen molar-refractivity contribution in [1.29, 1.82) is 0 Å². The molecule has 2 aromatic rings. The molecular weight excluding hydrogens is 392 g/mol.